The quantitative estimate of drug-likeness (QED) is 0.782. The zero-order valence-corrected chi connectivity index (χ0v) is 18.1. The Bertz CT molecular complexity index is 958. The fourth-order valence-corrected chi connectivity index (χ4v) is 4.51. The molecule has 1 saturated heterocycles. The minimum absolute atomic E-state index is 0.0675. The van der Waals surface area contributed by atoms with E-state index < -0.39 is 0 Å². The normalized spacial score (nSPS) is 18.6. The summed E-state index contributed by atoms with van der Waals surface area (Å²) in [6, 6.07) is 14.0. The number of hydrogen-bond donors (Lipinski definition) is 1. The van der Waals surface area contributed by atoms with Crippen LogP contribution in [-0.4, -0.2) is 47.4 Å². The summed E-state index contributed by atoms with van der Waals surface area (Å²) >= 11 is 6.09. The Balaban J connectivity index is 1.41. The first-order valence-electron chi connectivity index (χ1n) is 10.2. The van der Waals surface area contributed by atoms with Crippen molar-refractivity contribution in [3.05, 3.63) is 70.3 Å². The highest BCUT2D eigenvalue weighted by atomic mass is 35.5. The molecule has 5 heteroatoms. The third-order valence-electron chi connectivity index (χ3n) is 5.68. The molecular formula is C24H28ClN3O. The zero-order valence-electron chi connectivity index (χ0n) is 17.3. The lowest BCUT2D eigenvalue weighted by Gasteiger charge is -2.35. The lowest BCUT2D eigenvalue weighted by Crippen LogP contribution is -2.48. The van der Waals surface area contributed by atoms with Crippen LogP contribution in [-0.2, 0) is 6.54 Å². The van der Waals surface area contributed by atoms with Crippen molar-refractivity contribution in [1.29, 1.82) is 0 Å². The molecule has 2 heterocycles. The van der Waals surface area contributed by atoms with Crippen molar-refractivity contribution in [3.8, 4) is 0 Å². The number of halogens is 1. The van der Waals surface area contributed by atoms with Crippen LogP contribution in [0.5, 0.6) is 0 Å². The van der Waals surface area contributed by atoms with Crippen LogP contribution in [0.2, 0.25) is 5.02 Å². The molecule has 0 aromatic heterocycles. The molecule has 0 saturated carbocycles. The van der Waals surface area contributed by atoms with Crippen molar-refractivity contribution < 1.29 is 4.79 Å². The number of piperazine rings is 1. The maximum absolute atomic E-state index is 13.1. The van der Waals surface area contributed by atoms with Crippen molar-refractivity contribution in [2.24, 2.45) is 0 Å². The van der Waals surface area contributed by atoms with Gasteiger partial charge in [-0.15, -0.1) is 0 Å². The van der Waals surface area contributed by atoms with Crippen molar-refractivity contribution >= 4 is 28.8 Å². The summed E-state index contributed by atoms with van der Waals surface area (Å²) in [6.07, 6.45) is 2.22. The Hall–Kier alpha value is -2.30. The summed E-state index contributed by atoms with van der Waals surface area (Å²) in [5, 5.41) is 4.30. The van der Waals surface area contributed by atoms with Gasteiger partial charge in [-0.2, -0.15) is 0 Å². The first-order valence-corrected chi connectivity index (χ1v) is 10.6. The van der Waals surface area contributed by atoms with E-state index in [9.17, 15) is 4.79 Å². The molecule has 0 atom stereocenters. The van der Waals surface area contributed by atoms with E-state index in [1.165, 1.54) is 11.1 Å². The monoisotopic (exact) mass is 409 g/mol. The second kappa shape index (κ2) is 7.85. The van der Waals surface area contributed by atoms with Crippen molar-refractivity contribution in [2.75, 3.05) is 31.5 Å². The average molecular weight is 410 g/mol. The summed E-state index contributed by atoms with van der Waals surface area (Å²) < 4.78 is 0. The smallest absolute Gasteiger partial charge is 0.253 e. The van der Waals surface area contributed by atoms with Crippen LogP contribution >= 0.6 is 11.6 Å². The Morgan fingerprint density at radius 1 is 1.10 bits per heavy atom. The number of fused-ring (bicyclic) bond motifs is 1. The predicted octanol–water partition coefficient (Wildman–Crippen LogP) is 4.91. The van der Waals surface area contributed by atoms with Gasteiger partial charge in [-0.1, -0.05) is 29.8 Å². The van der Waals surface area contributed by atoms with Gasteiger partial charge in [0.15, 0.2) is 0 Å². The highest BCUT2D eigenvalue weighted by Crippen LogP contribution is 2.34. The molecule has 1 fully saturated rings. The molecule has 2 aliphatic rings. The van der Waals surface area contributed by atoms with E-state index in [2.05, 4.69) is 43.1 Å². The molecule has 2 aromatic carbocycles. The number of nitrogens with one attached hydrogen (secondary N) is 1. The lowest BCUT2D eigenvalue weighted by atomic mass is 9.90. The van der Waals surface area contributed by atoms with Crippen LogP contribution in [0.1, 0.15) is 42.3 Å². The van der Waals surface area contributed by atoms with Gasteiger partial charge in [0.25, 0.3) is 5.91 Å². The minimum Gasteiger partial charge on any atom is -0.376 e. The van der Waals surface area contributed by atoms with Gasteiger partial charge in [-0.3, -0.25) is 9.69 Å². The summed E-state index contributed by atoms with van der Waals surface area (Å²) in [4.78, 5) is 17.4. The molecule has 152 valence electrons. The summed E-state index contributed by atoms with van der Waals surface area (Å²) in [5.41, 5.74) is 5.34. The Kier molecular flexibility index (Phi) is 5.41. The molecule has 0 aliphatic carbocycles. The van der Waals surface area contributed by atoms with Gasteiger partial charge in [-0.25, -0.2) is 0 Å². The number of carbonyl (C=O) groups excluding carboxylic acids is 1. The predicted molar refractivity (Wildman–Crippen MR) is 120 cm³/mol. The third kappa shape index (κ3) is 4.49. The van der Waals surface area contributed by atoms with Gasteiger partial charge < -0.3 is 10.2 Å². The van der Waals surface area contributed by atoms with Gasteiger partial charge in [0, 0.05) is 54.6 Å². The first-order chi connectivity index (χ1) is 13.8. The second-order valence-corrected chi connectivity index (χ2v) is 9.07. The summed E-state index contributed by atoms with van der Waals surface area (Å²) in [5.74, 6) is 0.118. The number of hydrogen-bond acceptors (Lipinski definition) is 3. The topological polar surface area (TPSA) is 35.6 Å². The number of rotatable bonds is 3. The molecule has 0 bridgehead atoms. The summed E-state index contributed by atoms with van der Waals surface area (Å²) in [6.45, 7) is 10.5. The fraction of sp³-hybridized carbons (Fsp3) is 0.375. The highest BCUT2D eigenvalue weighted by Gasteiger charge is 2.26. The van der Waals surface area contributed by atoms with E-state index in [0.717, 1.165) is 54.6 Å². The molecule has 4 nitrogen and oxygen atoms in total. The van der Waals surface area contributed by atoms with Crippen LogP contribution in [0.4, 0.5) is 5.69 Å². The number of allylic oxidation sites excluding steroid dienone is 1. The zero-order chi connectivity index (χ0) is 20.6. The van der Waals surface area contributed by atoms with Gasteiger partial charge in [0.2, 0.25) is 0 Å². The van der Waals surface area contributed by atoms with Crippen LogP contribution in [0.25, 0.3) is 5.57 Å². The molecule has 0 radical (unpaired) electrons. The van der Waals surface area contributed by atoms with E-state index >= 15 is 0 Å². The fourth-order valence-electron chi connectivity index (χ4n) is 4.30. The Labute approximate surface area is 178 Å². The van der Waals surface area contributed by atoms with Gasteiger partial charge in [0.1, 0.15) is 0 Å². The number of nitrogens with zero attached hydrogens (tertiary/aromatic N) is 2. The molecule has 2 aromatic rings. The number of anilines is 1. The standard InChI is InChI=1S/C24H28ClN3O/c1-17-15-24(2,3)26-22-8-7-19(14-21(17)22)23(29)28-11-9-27(10-12-28)16-18-5-4-6-20(25)13-18/h4-8,13-15,26H,9-12,16H2,1-3H3. The Morgan fingerprint density at radius 2 is 1.86 bits per heavy atom. The van der Waals surface area contributed by atoms with E-state index in [1.54, 1.807) is 0 Å². The first kappa shape index (κ1) is 20.0. The van der Waals surface area contributed by atoms with E-state index in [1.807, 2.05) is 41.3 Å². The molecular weight excluding hydrogens is 382 g/mol. The minimum atomic E-state index is -0.0675. The van der Waals surface area contributed by atoms with Crippen molar-refractivity contribution in [3.63, 3.8) is 0 Å². The van der Waals surface area contributed by atoms with Gasteiger partial charge >= 0.3 is 0 Å². The van der Waals surface area contributed by atoms with Crippen LogP contribution < -0.4 is 5.32 Å². The van der Waals surface area contributed by atoms with Crippen molar-refractivity contribution in [1.82, 2.24) is 9.80 Å². The molecule has 29 heavy (non-hydrogen) atoms. The van der Waals surface area contributed by atoms with Crippen molar-refractivity contribution in [2.45, 2.75) is 32.9 Å². The maximum atomic E-state index is 13.1. The molecule has 2 aliphatic heterocycles. The average Bonchev–Trinajstić information content (AvgIpc) is 2.67. The van der Waals surface area contributed by atoms with E-state index in [0.29, 0.717) is 0 Å². The van der Waals surface area contributed by atoms with Crippen LogP contribution in [0.3, 0.4) is 0 Å². The number of carbonyl (C=O) groups is 1. The molecule has 4 rings (SSSR count). The maximum Gasteiger partial charge on any atom is 0.253 e. The lowest BCUT2D eigenvalue weighted by molar-refractivity contribution is 0.0628. The highest BCUT2D eigenvalue weighted by molar-refractivity contribution is 6.30. The number of benzene rings is 2. The largest absolute Gasteiger partial charge is 0.376 e. The van der Waals surface area contributed by atoms with Gasteiger partial charge in [0.05, 0.1) is 5.54 Å². The molecule has 0 spiro atoms. The Morgan fingerprint density at radius 3 is 2.59 bits per heavy atom. The van der Waals surface area contributed by atoms with Crippen LogP contribution in [0, 0.1) is 0 Å². The molecule has 1 amide bonds. The molecule has 1 N–H and O–H groups in total. The SMILES string of the molecule is CC1=CC(C)(C)Nc2ccc(C(=O)N3CCN(Cc4cccc(Cl)c4)CC3)cc21. The van der Waals surface area contributed by atoms with Crippen LogP contribution in [0.15, 0.2) is 48.5 Å². The number of amides is 1. The third-order valence-corrected chi connectivity index (χ3v) is 5.92. The van der Waals surface area contributed by atoms with E-state index in [-0.39, 0.29) is 11.4 Å². The van der Waals surface area contributed by atoms with E-state index in [4.69, 9.17) is 11.6 Å². The second-order valence-electron chi connectivity index (χ2n) is 8.63. The summed E-state index contributed by atoms with van der Waals surface area (Å²) in [7, 11) is 0. The molecule has 0 unspecified atom stereocenters. The van der Waals surface area contributed by atoms with Gasteiger partial charge in [-0.05, 0) is 62.2 Å².